The van der Waals surface area contributed by atoms with Crippen molar-refractivity contribution < 1.29 is 14.7 Å². The van der Waals surface area contributed by atoms with Gasteiger partial charge in [0.25, 0.3) is 0 Å². The van der Waals surface area contributed by atoms with Gasteiger partial charge < -0.3 is 15.3 Å². The number of carboxylic acids is 1. The molecule has 1 aromatic carbocycles. The minimum Gasteiger partial charge on any atom is -0.480 e. The van der Waals surface area contributed by atoms with E-state index >= 15 is 0 Å². The lowest BCUT2D eigenvalue weighted by molar-refractivity contribution is -0.141. The Hall–Kier alpha value is -1.75. The predicted octanol–water partition coefficient (Wildman–Crippen LogP) is 2.98. The van der Waals surface area contributed by atoms with Gasteiger partial charge in [-0.05, 0) is 25.0 Å². The van der Waals surface area contributed by atoms with Crippen molar-refractivity contribution in [2.75, 3.05) is 12.4 Å². The summed E-state index contributed by atoms with van der Waals surface area (Å²) in [7, 11) is 1.45. The number of carbonyl (C=O) groups excluding carboxylic acids is 1. The average Bonchev–Trinajstić information content (AvgIpc) is 2.34. The lowest BCUT2D eigenvalue weighted by Gasteiger charge is -2.24. The van der Waals surface area contributed by atoms with Crippen LogP contribution in [-0.2, 0) is 4.79 Å². The molecule has 0 aliphatic rings. The van der Waals surface area contributed by atoms with E-state index in [1.54, 1.807) is 19.1 Å². The molecule has 2 amide bonds. The van der Waals surface area contributed by atoms with Crippen LogP contribution in [0.5, 0.6) is 0 Å². The van der Waals surface area contributed by atoms with Crippen molar-refractivity contribution in [3.8, 4) is 0 Å². The Bertz CT molecular complexity index is 471. The number of rotatable bonds is 4. The number of para-hydroxylation sites is 1. The van der Waals surface area contributed by atoms with Crippen LogP contribution < -0.4 is 5.32 Å². The summed E-state index contributed by atoms with van der Waals surface area (Å²) in [5, 5.41) is 12.1. The van der Waals surface area contributed by atoms with E-state index in [1.165, 1.54) is 7.05 Å². The summed E-state index contributed by atoms with van der Waals surface area (Å²) in [6, 6.07) is 3.91. The SMILES string of the molecule is CCC(C(=O)O)N(C)C(=O)Nc1c(C)cccc1Cl. The molecule has 0 heterocycles. The Balaban J connectivity index is 2.88. The number of halogens is 1. The molecule has 0 aliphatic heterocycles. The molecule has 0 saturated carbocycles. The van der Waals surface area contributed by atoms with Crippen LogP contribution in [0.3, 0.4) is 0 Å². The summed E-state index contributed by atoms with van der Waals surface area (Å²) in [5.74, 6) is -1.03. The number of hydrogen-bond acceptors (Lipinski definition) is 2. The van der Waals surface area contributed by atoms with E-state index in [0.717, 1.165) is 10.5 Å². The highest BCUT2D eigenvalue weighted by Gasteiger charge is 2.25. The Morgan fingerprint density at radius 1 is 1.47 bits per heavy atom. The third kappa shape index (κ3) is 3.61. The molecule has 0 spiro atoms. The second-order valence-electron chi connectivity index (χ2n) is 4.24. The zero-order valence-corrected chi connectivity index (χ0v) is 11.9. The Labute approximate surface area is 117 Å². The van der Waals surface area contributed by atoms with Crippen molar-refractivity contribution in [3.63, 3.8) is 0 Å². The third-order valence-corrected chi connectivity index (χ3v) is 3.23. The Morgan fingerprint density at radius 2 is 2.11 bits per heavy atom. The van der Waals surface area contributed by atoms with Crippen molar-refractivity contribution in [1.82, 2.24) is 4.90 Å². The summed E-state index contributed by atoms with van der Waals surface area (Å²) in [5.41, 5.74) is 1.32. The van der Waals surface area contributed by atoms with E-state index in [9.17, 15) is 9.59 Å². The van der Waals surface area contributed by atoms with Gasteiger partial charge in [-0.1, -0.05) is 30.7 Å². The Kier molecular flexibility index (Phi) is 5.18. The first-order chi connectivity index (χ1) is 8.88. The van der Waals surface area contributed by atoms with Gasteiger partial charge in [-0.15, -0.1) is 0 Å². The molecule has 6 heteroatoms. The average molecular weight is 285 g/mol. The zero-order valence-electron chi connectivity index (χ0n) is 11.1. The maximum Gasteiger partial charge on any atom is 0.326 e. The summed E-state index contributed by atoms with van der Waals surface area (Å²) in [6.45, 7) is 3.53. The first kappa shape index (κ1) is 15.3. The van der Waals surface area contributed by atoms with E-state index < -0.39 is 18.0 Å². The van der Waals surface area contributed by atoms with Crippen LogP contribution in [0.15, 0.2) is 18.2 Å². The van der Waals surface area contributed by atoms with Gasteiger partial charge in [0.15, 0.2) is 0 Å². The van der Waals surface area contributed by atoms with E-state index in [4.69, 9.17) is 16.7 Å². The molecular weight excluding hydrogens is 268 g/mol. The van der Waals surface area contributed by atoms with Crippen LogP contribution in [0, 0.1) is 6.92 Å². The molecular formula is C13H17ClN2O3. The highest BCUT2D eigenvalue weighted by molar-refractivity contribution is 6.33. The number of urea groups is 1. The van der Waals surface area contributed by atoms with E-state index in [-0.39, 0.29) is 0 Å². The van der Waals surface area contributed by atoms with Gasteiger partial charge in [-0.25, -0.2) is 9.59 Å². The fourth-order valence-electron chi connectivity index (χ4n) is 1.74. The van der Waals surface area contributed by atoms with Gasteiger partial charge in [-0.3, -0.25) is 0 Å². The number of nitrogens with one attached hydrogen (secondary N) is 1. The first-order valence-corrected chi connectivity index (χ1v) is 6.28. The van der Waals surface area contributed by atoms with Crippen LogP contribution >= 0.6 is 11.6 Å². The zero-order chi connectivity index (χ0) is 14.6. The summed E-state index contributed by atoms with van der Waals surface area (Å²) < 4.78 is 0. The number of nitrogens with zero attached hydrogens (tertiary/aromatic N) is 1. The van der Waals surface area contributed by atoms with Crippen molar-refractivity contribution in [3.05, 3.63) is 28.8 Å². The standard InChI is InChI=1S/C13H17ClN2O3/c1-4-10(12(17)18)16(3)13(19)15-11-8(2)6-5-7-9(11)14/h5-7,10H,4H2,1-3H3,(H,15,19)(H,17,18). The number of amides is 2. The summed E-state index contributed by atoms with van der Waals surface area (Å²) in [6.07, 6.45) is 0.334. The number of carboxylic acid groups (broad SMARTS) is 1. The number of aryl methyl sites for hydroxylation is 1. The number of aliphatic carboxylic acids is 1. The van der Waals surface area contributed by atoms with Crippen LogP contribution in [0.1, 0.15) is 18.9 Å². The van der Waals surface area contributed by atoms with Crippen LogP contribution in [0.2, 0.25) is 5.02 Å². The molecule has 0 aliphatic carbocycles. The van der Waals surface area contributed by atoms with Gasteiger partial charge in [0.2, 0.25) is 0 Å². The molecule has 0 bridgehead atoms. The van der Waals surface area contributed by atoms with Gasteiger partial charge in [-0.2, -0.15) is 0 Å². The lowest BCUT2D eigenvalue weighted by Crippen LogP contribution is -2.44. The second kappa shape index (κ2) is 6.43. The van der Waals surface area contributed by atoms with E-state index in [0.29, 0.717) is 17.1 Å². The summed E-state index contributed by atoms with van der Waals surface area (Å²) >= 11 is 6.00. The van der Waals surface area contributed by atoms with Crippen LogP contribution in [0.4, 0.5) is 10.5 Å². The molecule has 1 aromatic rings. The Morgan fingerprint density at radius 3 is 2.58 bits per heavy atom. The molecule has 2 N–H and O–H groups in total. The minimum atomic E-state index is -1.03. The highest BCUT2D eigenvalue weighted by atomic mass is 35.5. The van der Waals surface area contributed by atoms with Crippen LogP contribution in [-0.4, -0.2) is 35.1 Å². The fraction of sp³-hybridized carbons (Fsp3) is 0.385. The number of anilines is 1. The predicted molar refractivity (Wildman–Crippen MR) is 74.7 cm³/mol. The topological polar surface area (TPSA) is 69.6 Å². The second-order valence-corrected chi connectivity index (χ2v) is 4.64. The summed E-state index contributed by atoms with van der Waals surface area (Å²) in [4.78, 5) is 24.2. The third-order valence-electron chi connectivity index (χ3n) is 2.91. The molecule has 0 saturated heterocycles. The molecule has 0 radical (unpaired) electrons. The van der Waals surface area contributed by atoms with Crippen molar-refractivity contribution >= 4 is 29.3 Å². The number of hydrogen-bond donors (Lipinski definition) is 2. The monoisotopic (exact) mass is 284 g/mol. The van der Waals surface area contributed by atoms with Gasteiger partial charge >= 0.3 is 12.0 Å². The largest absolute Gasteiger partial charge is 0.480 e. The normalized spacial score (nSPS) is 11.8. The molecule has 0 fully saturated rings. The molecule has 5 nitrogen and oxygen atoms in total. The van der Waals surface area contributed by atoms with Gasteiger partial charge in [0.05, 0.1) is 10.7 Å². The first-order valence-electron chi connectivity index (χ1n) is 5.90. The smallest absolute Gasteiger partial charge is 0.326 e. The van der Waals surface area contributed by atoms with Gasteiger partial charge in [0.1, 0.15) is 6.04 Å². The van der Waals surface area contributed by atoms with Crippen molar-refractivity contribution in [1.29, 1.82) is 0 Å². The molecule has 104 valence electrons. The molecule has 0 aromatic heterocycles. The van der Waals surface area contributed by atoms with Crippen LogP contribution in [0.25, 0.3) is 0 Å². The van der Waals surface area contributed by atoms with Gasteiger partial charge in [0, 0.05) is 7.05 Å². The number of carbonyl (C=O) groups is 2. The molecule has 19 heavy (non-hydrogen) atoms. The number of likely N-dealkylation sites (N-methyl/N-ethyl adjacent to an activating group) is 1. The molecule has 1 unspecified atom stereocenters. The van der Waals surface area contributed by atoms with Crippen molar-refractivity contribution in [2.45, 2.75) is 26.3 Å². The maximum atomic E-state index is 12.0. The van der Waals surface area contributed by atoms with E-state index in [2.05, 4.69) is 5.32 Å². The van der Waals surface area contributed by atoms with Crippen molar-refractivity contribution in [2.24, 2.45) is 0 Å². The number of benzene rings is 1. The van der Waals surface area contributed by atoms with E-state index in [1.807, 2.05) is 13.0 Å². The molecule has 1 atom stereocenters. The minimum absolute atomic E-state index is 0.334. The maximum absolute atomic E-state index is 12.0. The highest BCUT2D eigenvalue weighted by Crippen LogP contribution is 2.25. The fourth-order valence-corrected chi connectivity index (χ4v) is 2.01. The quantitative estimate of drug-likeness (QED) is 0.893. The lowest BCUT2D eigenvalue weighted by atomic mass is 10.2. The molecule has 1 rings (SSSR count).